The highest BCUT2D eigenvalue weighted by molar-refractivity contribution is 5.80. The summed E-state index contributed by atoms with van der Waals surface area (Å²) < 4.78 is 11.4. The number of carbonyl (C=O) groups excluding carboxylic acids is 1. The highest BCUT2D eigenvalue weighted by Gasteiger charge is 2.38. The Morgan fingerprint density at radius 1 is 1.35 bits per heavy atom. The smallest absolute Gasteiger partial charge is 0.248 e. The topological polar surface area (TPSA) is 50.8 Å². The molecule has 1 aromatic rings. The molecule has 144 valence electrons. The number of hydrogen-bond donors (Lipinski definition) is 1. The van der Waals surface area contributed by atoms with Crippen LogP contribution in [-0.2, 0) is 20.8 Å². The molecule has 2 unspecified atom stereocenters. The lowest BCUT2D eigenvalue weighted by atomic mass is 9.81. The van der Waals surface area contributed by atoms with E-state index in [2.05, 4.69) is 41.4 Å². The number of nitrogens with one attached hydrogen (secondary N) is 1. The van der Waals surface area contributed by atoms with Crippen molar-refractivity contribution in [1.82, 2.24) is 10.2 Å². The third-order valence-corrected chi connectivity index (χ3v) is 5.32. The summed E-state index contributed by atoms with van der Waals surface area (Å²) in [5.74, 6) is -0.0245. The molecule has 0 aliphatic carbocycles. The maximum Gasteiger partial charge on any atom is 0.248 e. The Balaban J connectivity index is 1.32. The molecule has 2 atom stereocenters. The summed E-state index contributed by atoms with van der Waals surface area (Å²) in [6.07, 6.45) is 3.07. The summed E-state index contributed by atoms with van der Waals surface area (Å²) in [5.41, 5.74) is 1.49. The first-order valence-corrected chi connectivity index (χ1v) is 9.81. The highest BCUT2D eigenvalue weighted by Crippen LogP contribution is 2.30. The van der Waals surface area contributed by atoms with Crippen LogP contribution in [0, 0.1) is 5.41 Å². The number of carbonyl (C=O) groups is 1. The maximum atomic E-state index is 12.3. The second-order valence-corrected chi connectivity index (χ2v) is 8.12. The van der Waals surface area contributed by atoms with Gasteiger partial charge in [0.05, 0.1) is 12.7 Å². The third-order valence-electron chi connectivity index (χ3n) is 5.32. The normalized spacial score (nSPS) is 23.8. The zero-order valence-electron chi connectivity index (χ0n) is 16.1. The van der Waals surface area contributed by atoms with E-state index < -0.39 is 6.10 Å². The number of likely N-dealkylation sites (tertiary alicyclic amines) is 1. The van der Waals surface area contributed by atoms with Crippen LogP contribution in [0.2, 0.25) is 0 Å². The molecule has 5 nitrogen and oxygen atoms in total. The minimum Gasteiger partial charge on any atom is -0.376 e. The van der Waals surface area contributed by atoms with Crippen LogP contribution in [0.3, 0.4) is 0 Å². The largest absolute Gasteiger partial charge is 0.376 e. The molecule has 0 aromatic heterocycles. The van der Waals surface area contributed by atoms with Gasteiger partial charge in [-0.2, -0.15) is 0 Å². The van der Waals surface area contributed by atoms with E-state index in [0.717, 1.165) is 39.1 Å². The summed E-state index contributed by atoms with van der Waals surface area (Å²) in [6.45, 7) is 9.07. The van der Waals surface area contributed by atoms with Crippen LogP contribution in [0.4, 0.5) is 0 Å². The van der Waals surface area contributed by atoms with E-state index >= 15 is 0 Å². The summed E-state index contributed by atoms with van der Waals surface area (Å²) in [5, 5.41) is 3.07. The van der Waals surface area contributed by atoms with Crippen molar-refractivity contribution >= 4 is 5.91 Å². The predicted octanol–water partition coefficient (Wildman–Crippen LogP) is 2.60. The van der Waals surface area contributed by atoms with E-state index in [1.807, 2.05) is 13.0 Å². The summed E-state index contributed by atoms with van der Waals surface area (Å²) in [4.78, 5) is 14.7. The van der Waals surface area contributed by atoms with Gasteiger partial charge in [0.1, 0.15) is 6.10 Å². The van der Waals surface area contributed by atoms with E-state index in [1.54, 1.807) is 0 Å². The number of amides is 1. The maximum absolute atomic E-state index is 12.3. The molecule has 2 aliphatic rings. The fourth-order valence-corrected chi connectivity index (χ4v) is 3.81. The van der Waals surface area contributed by atoms with Crippen molar-refractivity contribution in [2.45, 2.75) is 51.9 Å². The standard InChI is InChI=1S/C21H32N2O3/c1-17(26-13-19-10-6-7-11-25-19)20(24)22-14-21(2)15-23(16-21)12-18-8-4-3-5-9-18/h3-5,8-9,17,19H,6-7,10-16H2,1-2H3,(H,22,24). The van der Waals surface area contributed by atoms with Crippen LogP contribution >= 0.6 is 0 Å². The van der Waals surface area contributed by atoms with Crippen LogP contribution in [0.15, 0.2) is 30.3 Å². The lowest BCUT2D eigenvalue weighted by Crippen LogP contribution is -2.59. The minimum atomic E-state index is -0.426. The number of ether oxygens (including phenoxy) is 2. The number of hydrogen-bond acceptors (Lipinski definition) is 4. The SMILES string of the molecule is CC(OCC1CCCCO1)C(=O)NCC1(C)CN(Cc2ccccc2)C1. The van der Waals surface area contributed by atoms with Gasteiger partial charge in [-0.05, 0) is 31.7 Å². The molecule has 2 fully saturated rings. The quantitative estimate of drug-likeness (QED) is 0.774. The fraction of sp³-hybridized carbons (Fsp3) is 0.667. The van der Waals surface area contributed by atoms with E-state index in [-0.39, 0.29) is 17.4 Å². The average molecular weight is 360 g/mol. The van der Waals surface area contributed by atoms with Crippen molar-refractivity contribution in [3.8, 4) is 0 Å². The second-order valence-electron chi connectivity index (χ2n) is 8.12. The van der Waals surface area contributed by atoms with Gasteiger partial charge in [-0.1, -0.05) is 37.3 Å². The number of rotatable bonds is 8. The van der Waals surface area contributed by atoms with Gasteiger partial charge in [0.2, 0.25) is 5.91 Å². The Bertz CT molecular complexity index is 566. The van der Waals surface area contributed by atoms with E-state index in [0.29, 0.717) is 13.2 Å². The van der Waals surface area contributed by atoms with Gasteiger partial charge in [0.15, 0.2) is 0 Å². The van der Waals surface area contributed by atoms with Gasteiger partial charge in [0.25, 0.3) is 0 Å². The van der Waals surface area contributed by atoms with Crippen LogP contribution in [0.1, 0.15) is 38.7 Å². The van der Waals surface area contributed by atoms with Crippen LogP contribution < -0.4 is 5.32 Å². The molecular formula is C21H32N2O3. The molecular weight excluding hydrogens is 328 g/mol. The van der Waals surface area contributed by atoms with Gasteiger partial charge >= 0.3 is 0 Å². The first-order chi connectivity index (χ1) is 12.5. The fourth-order valence-electron chi connectivity index (χ4n) is 3.81. The molecule has 0 radical (unpaired) electrons. The van der Waals surface area contributed by atoms with Crippen molar-refractivity contribution in [3.63, 3.8) is 0 Å². The van der Waals surface area contributed by atoms with Crippen LogP contribution in [0.5, 0.6) is 0 Å². The minimum absolute atomic E-state index is 0.0245. The van der Waals surface area contributed by atoms with Crippen molar-refractivity contribution in [2.24, 2.45) is 5.41 Å². The zero-order valence-corrected chi connectivity index (χ0v) is 16.1. The number of benzene rings is 1. The summed E-state index contributed by atoms with van der Waals surface area (Å²) >= 11 is 0. The third kappa shape index (κ3) is 5.53. The Morgan fingerprint density at radius 2 is 2.12 bits per heavy atom. The molecule has 0 spiro atoms. The molecule has 26 heavy (non-hydrogen) atoms. The van der Waals surface area contributed by atoms with Gasteiger partial charge in [-0.3, -0.25) is 9.69 Å². The lowest BCUT2D eigenvalue weighted by Gasteiger charge is -2.48. The van der Waals surface area contributed by atoms with E-state index in [1.165, 1.54) is 12.0 Å². The highest BCUT2D eigenvalue weighted by atomic mass is 16.5. The van der Waals surface area contributed by atoms with Crippen molar-refractivity contribution < 1.29 is 14.3 Å². The van der Waals surface area contributed by atoms with Crippen molar-refractivity contribution in [1.29, 1.82) is 0 Å². The molecule has 1 aromatic carbocycles. The average Bonchev–Trinajstić information content (AvgIpc) is 2.64. The second kappa shape index (κ2) is 8.98. The molecule has 2 heterocycles. The molecule has 2 aliphatic heterocycles. The monoisotopic (exact) mass is 360 g/mol. The molecule has 1 amide bonds. The zero-order chi connectivity index (χ0) is 18.4. The molecule has 0 saturated carbocycles. The van der Waals surface area contributed by atoms with Crippen molar-refractivity contribution in [3.05, 3.63) is 35.9 Å². The first-order valence-electron chi connectivity index (χ1n) is 9.81. The van der Waals surface area contributed by atoms with E-state index in [4.69, 9.17) is 9.47 Å². The lowest BCUT2D eigenvalue weighted by molar-refractivity contribution is -0.136. The molecule has 3 rings (SSSR count). The van der Waals surface area contributed by atoms with Gasteiger partial charge < -0.3 is 14.8 Å². The molecule has 5 heteroatoms. The molecule has 0 bridgehead atoms. The van der Waals surface area contributed by atoms with Crippen LogP contribution in [0.25, 0.3) is 0 Å². The molecule has 2 saturated heterocycles. The number of nitrogens with zero attached hydrogens (tertiary/aromatic N) is 1. The Hall–Kier alpha value is -1.43. The van der Waals surface area contributed by atoms with Crippen LogP contribution in [-0.4, -0.2) is 55.9 Å². The van der Waals surface area contributed by atoms with E-state index in [9.17, 15) is 4.79 Å². The summed E-state index contributed by atoms with van der Waals surface area (Å²) in [7, 11) is 0. The first kappa shape index (κ1) is 19.3. The Morgan fingerprint density at radius 3 is 2.81 bits per heavy atom. The predicted molar refractivity (Wildman–Crippen MR) is 102 cm³/mol. The van der Waals surface area contributed by atoms with Gasteiger partial charge in [-0.15, -0.1) is 0 Å². The Labute approximate surface area is 157 Å². The van der Waals surface area contributed by atoms with Gasteiger partial charge in [0, 0.05) is 38.2 Å². The summed E-state index contributed by atoms with van der Waals surface area (Å²) in [6, 6.07) is 10.5. The van der Waals surface area contributed by atoms with Crippen molar-refractivity contribution in [2.75, 3.05) is 32.8 Å². The Kier molecular flexibility index (Phi) is 6.68. The molecule has 1 N–H and O–H groups in total. The van der Waals surface area contributed by atoms with Gasteiger partial charge in [-0.25, -0.2) is 0 Å².